The van der Waals surface area contributed by atoms with Crippen LogP contribution < -0.4 is 0 Å². The molecule has 0 saturated carbocycles. The lowest BCUT2D eigenvalue weighted by Crippen LogP contribution is -2.75. The van der Waals surface area contributed by atoms with Crippen molar-refractivity contribution in [2.75, 3.05) is 0 Å². The second-order valence-electron chi connectivity index (χ2n) is 8.16. The van der Waals surface area contributed by atoms with Gasteiger partial charge in [0.05, 0.1) is 25.7 Å². The normalized spacial score (nSPS) is 34.6. The maximum Gasteiger partial charge on any atom is 0.551 e. The van der Waals surface area contributed by atoms with Crippen molar-refractivity contribution in [3.05, 3.63) is 70.6 Å². The Morgan fingerprint density at radius 1 is 0.720 bits per heavy atom. The Balaban J connectivity index is 1.61. The van der Waals surface area contributed by atoms with Crippen LogP contribution in [-0.4, -0.2) is 36.3 Å². The molecule has 4 nitrogen and oxygen atoms in total. The number of rotatable bonds is 0. The van der Waals surface area contributed by atoms with Crippen LogP contribution in [0.1, 0.15) is 38.5 Å². The van der Waals surface area contributed by atoms with E-state index in [1.807, 2.05) is 0 Å². The fraction of sp³-hybridized carbons (Fsp3) is 0.333. The maximum absolute atomic E-state index is 2.67. The summed E-state index contributed by atoms with van der Waals surface area (Å²) in [6, 6.07) is 0. The highest BCUT2D eigenvalue weighted by molar-refractivity contribution is 5.95. The minimum absolute atomic E-state index is 0.245. The van der Waals surface area contributed by atoms with Crippen LogP contribution in [0.25, 0.3) is 0 Å². The van der Waals surface area contributed by atoms with Crippen LogP contribution in [0.2, 0.25) is 0 Å². The van der Waals surface area contributed by atoms with Gasteiger partial charge in [0.15, 0.2) is 17.1 Å². The zero-order valence-electron chi connectivity index (χ0n) is 14.0. The molecular formula is C21H18N4+2. The molecule has 0 aromatic heterocycles. The van der Waals surface area contributed by atoms with E-state index in [1.165, 1.54) is 39.9 Å². The molecular weight excluding hydrogens is 308 g/mol. The first kappa shape index (κ1) is 11.9. The van der Waals surface area contributed by atoms with E-state index >= 15 is 0 Å². The van der Waals surface area contributed by atoms with Gasteiger partial charge in [-0.25, -0.2) is 9.80 Å². The minimum Gasteiger partial charge on any atom is -0.207 e. The van der Waals surface area contributed by atoms with Crippen molar-refractivity contribution in [3.63, 3.8) is 0 Å². The summed E-state index contributed by atoms with van der Waals surface area (Å²) in [7, 11) is 0. The largest absolute Gasteiger partial charge is 0.551 e. The molecule has 0 radical (unpaired) electrons. The van der Waals surface area contributed by atoms with Crippen LogP contribution in [0, 0.1) is 0 Å². The van der Waals surface area contributed by atoms with Gasteiger partial charge in [-0.1, -0.05) is 21.3 Å². The van der Waals surface area contributed by atoms with Crippen molar-refractivity contribution in [1.29, 1.82) is 0 Å². The smallest absolute Gasteiger partial charge is 0.207 e. The zero-order valence-corrected chi connectivity index (χ0v) is 14.0. The lowest BCUT2D eigenvalue weighted by molar-refractivity contribution is -0.848. The third kappa shape index (κ3) is 1.01. The van der Waals surface area contributed by atoms with Crippen LogP contribution in [0.4, 0.5) is 0 Å². The molecule has 1 spiro atoms. The first-order chi connectivity index (χ1) is 12.4. The molecule has 0 aromatic rings. The summed E-state index contributed by atoms with van der Waals surface area (Å²) in [6.45, 7) is 0. The van der Waals surface area contributed by atoms with Gasteiger partial charge in [0.25, 0.3) is 0 Å². The average molecular weight is 326 g/mol. The van der Waals surface area contributed by atoms with Gasteiger partial charge >= 0.3 is 5.91 Å². The monoisotopic (exact) mass is 326 g/mol. The van der Waals surface area contributed by atoms with Gasteiger partial charge in [-0.3, -0.25) is 0 Å². The number of hydrogen-bond acceptors (Lipinski definition) is 2. The fourth-order valence-electron chi connectivity index (χ4n) is 6.35. The molecule has 8 heterocycles. The molecule has 0 bridgehead atoms. The molecule has 1 fully saturated rings. The molecule has 120 valence electrons. The molecule has 0 N–H and O–H groups in total. The number of hydrogen-bond donors (Lipinski definition) is 0. The van der Waals surface area contributed by atoms with E-state index in [1.54, 1.807) is 5.71 Å². The van der Waals surface area contributed by atoms with E-state index in [2.05, 4.69) is 55.4 Å². The van der Waals surface area contributed by atoms with Gasteiger partial charge < -0.3 is 0 Å². The summed E-state index contributed by atoms with van der Waals surface area (Å²) in [5, 5.41) is 0. The van der Waals surface area contributed by atoms with Gasteiger partial charge in [-0.2, -0.15) is 0 Å². The highest BCUT2D eigenvalue weighted by Crippen LogP contribution is 2.57. The first-order valence-electron chi connectivity index (χ1n) is 9.45. The molecule has 4 heteroatoms. The van der Waals surface area contributed by atoms with E-state index in [0.717, 1.165) is 38.5 Å². The Labute approximate surface area is 146 Å². The molecule has 1 atom stereocenters. The van der Waals surface area contributed by atoms with Crippen molar-refractivity contribution in [2.24, 2.45) is 0 Å². The van der Waals surface area contributed by atoms with Crippen LogP contribution in [0.15, 0.2) is 70.6 Å². The number of allylic oxidation sites excluding steroid dienone is 7. The van der Waals surface area contributed by atoms with Crippen molar-refractivity contribution < 1.29 is 9.15 Å². The van der Waals surface area contributed by atoms with Gasteiger partial charge in [-0.05, 0) is 12.2 Å². The fourth-order valence-corrected chi connectivity index (χ4v) is 6.35. The first-order valence-corrected chi connectivity index (χ1v) is 9.45. The lowest BCUT2D eigenvalue weighted by atomic mass is 10.0. The summed E-state index contributed by atoms with van der Waals surface area (Å²) in [4.78, 5) is 5.34. The summed E-state index contributed by atoms with van der Waals surface area (Å²) >= 11 is 0. The van der Waals surface area contributed by atoms with E-state index < -0.39 is 0 Å². The standard InChI is InChI=1S/C21H18N4/c1-2-14-10-16-5-6-18-12-20-8-7-19-11-17-4-3-15-9-13(1)22(14)21(23(15)17,24(16)18)25(19)20/h1,3,5,8,10-11H,2,4,6-7,9,12H2/q+2. The van der Waals surface area contributed by atoms with E-state index in [4.69, 9.17) is 0 Å². The molecule has 1 saturated heterocycles. The third-order valence-electron chi connectivity index (χ3n) is 7.08. The van der Waals surface area contributed by atoms with Crippen molar-refractivity contribution in [1.82, 2.24) is 9.80 Å². The van der Waals surface area contributed by atoms with Gasteiger partial charge in [0.2, 0.25) is 5.70 Å². The highest BCUT2D eigenvalue weighted by Gasteiger charge is 2.77. The molecule has 8 rings (SSSR count). The van der Waals surface area contributed by atoms with Crippen molar-refractivity contribution in [3.8, 4) is 0 Å². The SMILES string of the molecule is C1=C2CC=C3CC4=CCC5=[N+]4C4(N23)N2C(=C5)CC=C2CC2=[N+]4C1=CC2. The van der Waals surface area contributed by atoms with Crippen LogP contribution >= 0.6 is 0 Å². The Morgan fingerprint density at radius 2 is 1.52 bits per heavy atom. The van der Waals surface area contributed by atoms with Crippen LogP contribution in [0.5, 0.6) is 0 Å². The lowest BCUT2D eigenvalue weighted by Gasteiger charge is -2.50. The molecule has 25 heavy (non-hydrogen) atoms. The highest BCUT2D eigenvalue weighted by atomic mass is 15.7. The van der Waals surface area contributed by atoms with E-state index in [9.17, 15) is 0 Å². The van der Waals surface area contributed by atoms with E-state index in [-0.39, 0.29) is 5.91 Å². The second kappa shape index (κ2) is 3.36. The van der Waals surface area contributed by atoms with Gasteiger partial charge in [0, 0.05) is 47.8 Å². The predicted molar refractivity (Wildman–Crippen MR) is 93.1 cm³/mol. The summed E-state index contributed by atoms with van der Waals surface area (Å²) in [6.07, 6.45) is 21.2. The van der Waals surface area contributed by atoms with Crippen molar-refractivity contribution in [2.45, 2.75) is 44.4 Å². The third-order valence-corrected chi connectivity index (χ3v) is 7.08. The Kier molecular flexibility index (Phi) is 1.59. The minimum atomic E-state index is -0.245. The Bertz CT molecular complexity index is 1100. The number of nitrogens with zero attached hydrogens (tertiary/aromatic N) is 4. The van der Waals surface area contributed by atoms with Crippen molar-refractivity contribution >= 4 is 11.4 Å². The van der Waals surface area contributed by atoms with Gasteiger partial charge in [0.1, 0.15) is 0 Å². The Morgan fingerprint density at radius 3 is 2.40 bits per heavy atom. The molecule has 1 unspecified atom stereocenters. The average Bonchev–Trinajstić information content (AvgIpc) is 3.38. The summed E-state index contributed by atoms with van der Waals surface area (Å²) in [5.74, 6) is -0.245. The maximum atomic E-state index is 2.67. The van der Waals surface area contributed by atoms with Crippen LogP contribution in [0.3, 0.4) is 0 Å². The van der Waals surface area contributed by atoms with Gasteiger partial charge in [-0.15, -0.1) is 0 Å². The predicted octanol–water partition coefficient (Wildman–Crippen LogP) is 2.86. The quantitative estimate of drug-likeness (QED) is 0.635. The van der Waals surface area contributed by atoms with E-state index in [0.29, 0.717) is 0 Å². The molecule has 8 aliphatic rings. The Hall–Kier alpha value is -2.62. The summed E-state index contributed by atoms with van der Waals surface area (Å²) in [5.41, 5.74) is 11.9. The molecule has 8 aliphatic heterocycles. The van der Waals surface area contributed by atoms with Crippen LogP contribution in [-0.2, 0) is 0 Å². The molecule has 0 amide bonds. The second-order valence-corrected chi connectivity index (χ2v) is 8.16. The zero-order chi connectivity index (χ0) is 15.9. The molecule has 0 aromatic carbocycles. The topological polar surface area (TPSA) is 12.5 Å². The summed E-state index contributed by atoms with van der Waals surface area (Å²) < 4.78 is 5.34. The molecule has 0 aliphatic carbocycles.